The molecule has 1 aromatic carbocycles. The van der Waals surface area contributed by atoms with Crippen molar-refractivity contribution < 1.29 is 19.4 Å². The summed E-state index contributed by atoms with van der Waals surface area (Å²) in [6, 6.07) is 7.61. The zero-order chi connectivity index (χ0) is 20.4. The molecule has 1 aliphatic carbocycles. The van der Waals surface area contributed by atoms with Crippen molar-refractivity contribution in [3.63, 3.8) is 0 Å². The number of benzene rings is 1. The first-order valence-electron chi connectivity index (χ1n) is 10.3. The molecule has 4 heteroatoms. The van der Waals surface area contributed by atoms with Crippen LogP contribution in [0.1, 0.15) is 89.1 Å². The van der Waals surface area contributed by atoms with Crippen LogP contribution in [0.5, 0.6) is 0 Å². The summed E-state index contributed by atoms with van der Waals surface area (Å²) in [6.45, 7) is 10.1. The largest absolute Gasteiger partial charge is 0.481 e. The average Bonchev–Trinajstić information content (AvgIpc) is 2.68. The topological polar surface area (TPSA) is 63.6 Å². The normalized spacial score (nSPS) is 19.6. The third-order valence-corrected chi connectivity index (χ3v) is 5.50. The number of carbonyl (C=O) groups is 2. The minimum atomic E-state index is -0.594. The van der Waals surface area contributed by atoms with Crippen molar-refractivity contribution in [3.05, 3.63) is 35.4 Å². The van der Waals surface area contributed by atoms with Crippen molar-refractivity contribution in [2.24, 2.45) is 11.8 Å². The van der Waals surface area contributed by atoms with Crippen LogP contribution in [0.3, 0.4) is 0 Å². The third-order valence-electron chi connectivity index (χ3n) is 5.50. The van der Waals surface area contributed by atoms with Gasteiger partial charge in [-0.1, -0.05) is 52.2 Å². The Bertz CT molecular complexity index is 606. The first-order valence-corrected chi connectivity index (χ1v) is 10.3. The predicted octanol–water partition coefficient (Wildman–Crippen LogP) is 5.88. The number of aliphatic carboxylic acids is 1. The van der Waals surface area contributed by atoms with Crippen LogP contribution < -0.4 is 0 Å². The van der Waals surface area contributed by atoms with Crippen LogP contribution in [0.2, 0.25) is 0 Å². The van der Waals surface area contributed by atoms with Crippen LogP contribution in [0.4, 0.5) is 0 Å². The summed E-state index contributed by atoms with van der Waals surface area (Å²) < 4.78 is 5.43. The maximum absolute atomic E-state index is 11.9. The van der Waals surface area contributed by atoms with E-state index in [0.29, 0.717) is 11.5 Å². The quantitative estimate of drug-likeness (QED) is 0.630. The molecule has 1 aliphatic rings. The first kappa shape index (κ1) is 23.2. The molecule has 4 nitrogen and oxygen atoms in total. The van der Waals surface area contributed by atoms with Gasteiger partial charge in [-0.25, -0.2) is 4.79 Å². The average molecular weight is 377 g/mol. The van der Waals surface area contributed by atoms with Gasteiger partial charge in [0.25, 0.3) is 0 Å². The lowest BCUT2D eigenvalue weighted by Crippen LogP contribution is -2.27. The zero-order valence-corrected chi connectivity index (χ0v) is 17.6. The van der Waals surface area contributed by atoms with Crippen molar-refractivity contribution in [2.75, 3.05) is 0 Å². The summed E-state index contributed by atoms with van der Waals surface area (Å²) >= 11 is 0. The third kappa shape index (κ3) is 8.15. The van der Waals surface area contributed by atoms with E-state index < -0.39 is 5.97 Å². The number of carboxylic acids is 1. The fraction of sp³-hybridized carbons (Fsp3) is 0.652. The molecule has 1 saturated carbocycles. The molecular weight excluding hydrogens is 340 g/mol. The van der Waals surface area contributed by atoms with Gasteiger partial charge in [0.2, 0.25) is 0 Å². The predicted molar refractivity (Wildman–Crippen MR) is 109 cm³/mol. The van der Waals surface area contributed by atoms with Gasteiger partial charge in [0.15, 0.2) is 0 Å². The molecule has 2 rings (SSSR count). The smallest absolute Gasteiger partial charge is 0.338 e. The second-order valence-corrected chi connectivity index (χ2v) is 8.03. The number of carboxylic acid groups (broad SMARTS) is 1. The fourth-order valence-electron chi connectivity index (χ4n) is 3.19. The van der Waals surface area contributed by atoms with Crippen LogP contribution in [0.15, 0.2) is 24.3 Å². The molecule has 1 aromatic rings. The van der Waals surface area contributed by atoms with E-state index >= 15 is 0 Å². The summed E-state index contributed by atoms with van der Waals surface area (Å²) in [7, 11) is 0. The SMILES string of the molecule is CCC1CCCC(C(=O)O)C1.CCc1cccc(C(=O)OC(C)(C)CC)c1. The van der Waals surface area contributed by atoms with E-state index in [1.54, 1.807) is 6.07 Å². The highest BCUT2D eigenvalue weighted by Crippen LogP contribution is 2.30. The highest BCUT2D eigenvalue weighted by Gasteiger charge is 2.25. The monoisotopic (exact) mass is 376 g/mol. The van der Waals surface area contributed by atoms with E-state index in [9.17, 15) is 9.59 Å². The Hall–Kier alpha value is -1.84. The molecule has 0 heterocycles. The van der Waals surface area contributed by atoms with Crippen molar-refractivity contribution >= 4 is 11.9 Å². The Morgan fingerprint density at radius 2 is 1.89 bits per heavy atom. The van der Waals surface area contributed by atoms with Crippen molar-refractivity contribution in [3.8, 4) is 0 Å². The van der Waals surface area contributed by atoms with E-state index in [4.69, 9.17) is 9.84 Å². The van der Waals surface area contributed by atoms with Gasteiger partial charge < -0.3 is 9.84 Å². The molecule has 0 aromatic heterocycles. The lowest BCUT2D eigenvalue weighted by atomic mass is 9.80. The van der Waals surface area contributed by atoms with Gasteiger partial charge in [-0.2, -0.15) is 0 Å². The highest BCUT2D eigenvalue weighted by molar-refractivity contribution is 5.89. The summed E-state index contributed by atoms with van der Waals surface area (Å²) in [4.78, 5) is 22.5. The summed E-state index contributed by atoms with van der Waals surface area (Å²) in [5.74, 6) is -0.205. The Labute approximate surface area is 164 Å². The Morgan fingerprint density at radius 1 is 1.19 bits per heavy atom. The molecule has 0 amide bonds. The number of hydrogen-bond donors (Lipinski definition) is 1. The van der Waals surface area contributed by atoms with Crippen molar-refractivity contribution in [1.29, 1.82) is 0 Å². The van der Waals surface area contributed by atoms with Crippen molar-refractivity contribution in [1.82, 2.24) is 0 Å². The summed E-state index contributed by atoms with van der Waals surface area (Å²) in [5, 5.41) is 8.75. The molecule has 2 atom stereocenters. The van der Waals surface area contributed by atoms with E-state index in [2.05, 4.69) is 13.8 Å². The number of ether oxygens (including phenoxy) is 1. The second-order valence-electron chi connectivity index (χ2n) is 8.03. The van der Waals surface area contributed by atoms with Gasteiger partial charge in [0.05, 0.1) is 11.5 Å². The molecule has 0 bridgehead atoms. The standard InChI is InChI=1S/C14H20O2.C9H16O2/c1-5-11-8-7-9-12(10-11)13(15)16-14(3,4)6-2;1-2-7-4-3-5-8(6-7)9(10)11/h7-10H,5-6H2,1-4H3;7-8H,2-6H2,1H3,(H,10,11). The van der Waals surface area contributed by atoms with E-state index in [-0.39, 0.29) is 17.5 Å². The van der Waals surface area contributed by atoms with Crippen molar-refractivity contribution in [2.45, 2.75) is 85.2 Å². The molecule has 1 fully saturated rings. The van der Waals surface area contributed by atoms with Gasteiger partial charge in [-0.15, -0.1) is 0 Å². The van der Waals surface area contributed by atoms with Gasteiger partial charge in [0, 0.05) is 0 Å². The van der Waals surface area contributed by atoms with Crippen LogP contribution in [-0.2, 0) is 16.0 Å². The lowest BCUT2D eigenvalue weighted by Gasteiger charge is -2.25. The molecular formula is C23H36O4. The Kier molecular flexibility index (Phi) is 9.54. The highest BCUT2D eigenvalue weighted by atomic mass is 16.6. The van der Waals surface area contributed by atoms with Crippen LogP contribution >= 0.6 is 0 Å². The van der Waals surface area contributed by atoms with Gasteiger partial charge in [-0.05, 0) is 63.1 Å². The minimum Gasteiger partial charge on any atom is -0.481 e. The maximum Gasteiger partial charge on any atom is 0.338 e. The molecule has 27 heavy (non-hydrogen) atoms. The zero-order valence-electron chi connectivity index (χ0n) is 17.6. The first-order chi connectivity index (χ1) is 12.7. The maximum atomic E-state index is 11.9. The number of aryl methyl sites for hydroxylation is 1. The summed E-state index contributed by atoms with van der Waals surface area (Å²) in [5.41, 5.74) is 1.41. The molecule has 152 valence electrons. The molecule has 0 aliphatic heterocycles. The molecule has 1 N–H and O–H groups in total. The van der Waals surface area contributed by atoms with E-state index in [0.717, 1.165) is 44.1 Å². The molecule has 2 unspecified atom stereocenters. The van der Waals surface area contributed by atoms with Crippen LogP contribution in [0.25, 0.3) is 0 Å². The molecule has 0 radical (unpaired) electrons. The lowest BCUT2D eigenvalue weighted by molar-refractivity contribution is -0.143. The number of hydrogen-bond acceptors (Lipinski definition) is 3. The van der Waals surface area contributed by atoms with Gasteiger partial charge in [0.1, 0.15) is 5.60 Å². The molecule has 0 saturated heterocycles. The van der Waals surface area contributed by atoms with Crippen LogP contribution in [0, 0.1) is 11.8 Å². The summed E-state index contributed by atoms with van der Waals surface area (Å²) in [6.07, 6.45) is 7.03. The second kappa shape index (κ2) is 11.1. The Balaban J connectivity index is 0.000000289. The van der Waals surface area contributed by atoms with Crippen LogP contribution in [-0.4, -0.2) is 22.6 Å². The van der Waals surface area contributed by atoms with Gasteiger partial charge >= 0.3 is 11.9 Å². The number of rotatable bonds is 6. The van der Waals surface area contributed by atoms with E-state index in [1.807, 2.05) is 39.0 Å². The van der Waals surface area contributed by atoms with E-state index in [1.165, 1.54) is 6.42 Å². The number of carbonyl (C=O) groups excluding carboxylic acids is 1. The Morgan fingerprint density at radius 3 is 2.44 bits per heavy atom. The van der Waals surface area contributed by atoms with Gasteiger partial charge in [-0.3, -0.25) is 4.79 Å². The minimum absolute atomic E-state index is 0.0475. The molecule has 0 spiro atoms. The number of esters is 1. The fourth-order valence-corrected chi connectivity index (χ4v) is 3.19.